The molecule has 1 saturated heterocycles. The lowest BCUT2D eigenvalue weighted by molar-refractivity contribution is -0.127. The highest BCUT2D eigenvalue weighted by Gasteiger charge is 2.26. The van der Waals surface area contributed by atoms with Crippen LogP contribution >= 0.6 is 0 Å². The number of ether oxygens (including phenoxy) is 1. The Morgan fingerprint density at radius 1 is 1.16 bits per heavy atom. The first kappa shape index (κ1) is 24.7. The maximum atomic E-state index is 12.5. The van der Waals surface area contributed by atoms with E-state index in [4.69, 9.17) is 4.74 Å². The zero-order chi connectivity index (χ0) is 22.9. The van der Waals surface area contributed by atoms with E-state index in [1.165, 1.54) is 5.56 Å². The molecule has 0 aromatic heterocycles. The molecule has 0 radical (unpaired) electrons. The first-order valence-corrected chi connectivity index (χ1v) is 11.0. The number of carbonyl (C=O) groups is 3. The van der Waals surface area contributed by atoms with Crippen molar-refractivity contribution >= 4 is 23.6 Å². The number of benzene rings is 1. The van der Waals surface area contributed by atoms with Crippen molar-refractivity contribution in [1.29, 1.82) is 0 Å². The molecule has 8 nitrogen and oxygen atoms in total. The van der Waals surface area contributed by atoms with Crippen LogP contribution in [-0.2, 0) is 20.7 Å². The number of hydrogen-bond donors (Lipinski definition) is 3. The van der Waals surface area contributed by atoms with Crippen molar-refractivity contribution in [3.8, 4) is 0 Å². The summed E-state index contributed by atoms with van der Waals surface area (Å²) >= 11 is 0. The summed E-state index contributed by atoms with van der Waals surface area (Å²) in [5.41, 5.74) is 1.42. The molecular formula is C23H36N4O4. The van der Waals surface area contributed by atoms with Crippen LogP contribution in [0.25, 0.3) is 0 Å². The number of likely N-dealkylation sites (tertiary alicyclic amines) is 1. The third-order valence-corrected chi connectivity index (χ3v) is 4.95. The van der Waals surface area contributed by atoms with Crippen LogP contribution < -0.4 is 16.0 Å². The zero-order valence-electron chi connectivity index (χ0n) is 19.1. The first-order chi connectivity index (χ1) is 14.7. The molecule has 3 amide bonds. The molecule has 0 bridgehead atoms. The molecule has 1 unspecified atom stereocenters. The maximum Gasteiger partial charge on any atom is 0.407 e. The van der Waals surface area contributed by atoms with E-state index in [1.54, 1.807) is 20.8 Å². The zero-order valence-corrected chi connectivity index (χ0v) is 19.1. The average Bonchev–Trinajstić information content (AvgIpc) is 2.70. The Kier molecular flexibility index (Phi) is 9.30. The number of alkyl carbamates (subject to hydrolysis) is 1. The van der Waals surface area contributed by atoms with E-state index in [2.05, 4.69) is 22.9 Å². The van der Waals surface area contributed by atoms with Gasteiger partial charge in [0.1, 0.15) is 5.60 Å². The topological polar surface area (TPSA) is 99.8 Å². The lowest BCUT2D eigenvalue weighted by atomic mass is 9.97. The van der Waals surface area contributed by atoms with Gasteiger partial charge in [-0.15, -0.1) is 0 Å². The number of piperidine rings is 1. The molecule has 31 heavy (non-hydrogen) atoms. The van der Waals surface area contributed by atoms with E-state index >= 15 is 0 Å². The van der Waals surface area contributed by atoms with Crippen LogP contribution in [0.3, 0.4) is 0 Å². The number of nitrogens with zero attached hydrogens (tertiary/aromatic N) is 1. The summed E-state index contributed by atoms with van der Waals surface area (Å²) in [5, 5.41) is 8.43. The smallest absolute Gasteiger partial charge is 0.407 e. The minimum Gasteiger partial charge on any atom is -0.444 e. The van der Waals surface area contributed by atoms with E-state index in [0.717, 1.165) is 31.5 Å². The Labute approximate surface area is 185 Å². The van der Waals surface area contributed by atoms with Gasteiger partial charge in [0, 0.05) is 25.3 Å². The predicted octanol–water partition coefficient (Wildman–Crippen LogP) is 2.54. The predicted molar refractivity (Wildman–Crippen MR) is 121 cm³/mol. The van der Waals surface area contributed by atoms with Crippen LogP contribution in [0.5, 0.6) is 0 Å². The van der Waals surface area contributed by atoms with Crippen LogP contribution in [0.2, 0.25) is 0 Å². The molecule has 0 saturated carbocycles. The van der Waals surface area contributed by atoms with E-state index < -0.39 is 11.7 Å². The molecule has 8 heteroatoms. The molecule has 1 aromatic rings. The van der Waals surface area contributed by atoms with Crippen LogP contribution in [0, 0.1) is 5.92 Å². The molecule has 1 aromatic carbocycles. The third kappa shape index (κ3) is 9.38. The number of carbonyl (C=O) groups excluding carboxylic acids is 3. The molecule has 0 spiro atoms. The van der Waals surface area contributed by atoms with Gasteiger partial charge in [-0.2, -0.15) is 0 Å². The second kappa shape index (κ2) is 11.7. The van der Waals surface area contributed by atoms with E-state index in [0.29, 0.717) is 19.6 Å². The molecule has 1 heterocycles. The van der Waals surface area contributed by atoms with Gasteiger partial charge in [0.15, 0.2) is 0 Å². The van der Waals surface area contributed by atoms with Gasteiger partial charge in [0.25, 0.3) is 0 Å². The molecule has 172 valence electrons. The fourth-order valence-electron chi connectivity index (χ4n) is 3.49. The van der Waals surface area contributed by atoms with Gasteiger partial charge in [-0.1, -0.05) is 19.1 Å². The fourth-order valence-corrected chi connectivity index (χ4v) is 3.49. The Morgan fingerprint density at radius 2 is 1.90 bits per heavy atom. The van der Waals surface area contributed by atoms with Crippen molar-refractivity contribution in [2.24, 2.45) is 5.92 Å². The molecule has 1 aliphatic heterocycles. The van der Waals surface area contributed by atoms with Crippen LogP contribution in [0.1, 0.15) is 46.1 Å². The molecule has 1 aliphatic rings. The summed E-state index contributed by atoms with van der Waals surface area (Å²) < 4.78 is 5.16. The van der Waals surface area contributed by atoms with Gasteiger partial charge in [-0.3, -0.25) is 14.5 Å². The van der Waals surface area contributed by atoms with Crippen LogP contribution in [0.4, 0.5) is 10.5 Å². The third-order valence-electron chi connectivity index (χ3n) is 4.95. The van der Waals surface area contributed by atoms with Crippen LogP contribution in [0.15, 0.2) is 24.3 Å². The Bertz CT molecular complexity index is 760. The van der Waals surface area contributed by atoms with Crippen molar-refractivity contribution in [3.05, 3.63) is 29.8 Å². The second-order valence-electron chi connectivity index (χ2n) is 8.90. The largest absolute Gasteiger partial charge is 0.444 e. The lowest BCUT2D eigenvalue weighted by Gasteiger charge is -2.31. The second-order valence-corrected chi connectivity index (χ2v) is 8.90. The normalized spacial score (nSPS) is 17.0. The highest BCUT2D eigenvalue weighted by Crippen LogP contribution is 2.17. The minimum absolute atomic E-state index is 0.0493. The van der Waals surface area contributed by atoms with E-state index in [9.17, 15) is 14.4 Å². The van der Waals surface area contributed by atoms with Crippen molar-refractivity contribution in [2.45, 2.75) is 52.6 Å². The van der Waals surface area contributed by atoms with Crippen molar-refractivity contribution in [3.63, 3.8) is 0 Å². The van der Waals surface area contributed by atoms with Gasteiger partial charge >= 0.3 is 6.09 Å². The molecular weight excluding hydrogens is 396 g/mol. The Morgan fingerprint density at radius 3 is 2.61 bits per heavy atom. The summed E-state index contributed by atoms with van der Waals surface area (Å²) in [6, 6.07) is 7.84. The van der Waals surface area contributed by atoms with E-state index in [-0.39, 0.29) is 24.3 Å². The van der Waals surface area contributed by atoms with Gasteiger partial charge in [-0.25, -0.2) is 4.79 Å². The average molecular weight is 433 g/mol. The summed E-state index contributed by atoms with van der Waals surface area (Å²) in [5.74, 6) is -0.283. The summed E-state index contributed by atoms with van der Waals surface area (Å²) in [7, 11) is 0. The number of amides is 3. The molecule has 1 atom stereocenters. The van der Waals surface area contributed by atoms with Gasteiger partial charge in [0.2, 0.25) is 11.8 Å². The van der Waals surface area contributed by atoms with Crippen molar-refractivity contribution in [1.82, 2.24) is 15.5 Å². The first-order valence-electron chi connectivity index (χ1n) is 11.0. The van der Waals surface area contributed by atoms with E-state index in [1.807, 2.05) is 29.2 Å². The highest BCUT2D eigenvalue weighted by molar-refractivity contribution is 5.92. The summed E-state index contributed by atoms with van der Waals surface area (Å²) in [6.07, 6.45) is 2.08. The van der Waals surface area contributed by atoms with Gasteiger partial charge in [-0.05, 0) is 64.3 Å². The monoisotopic (exact) mass is 432 g/mol. The molecule has 2 rings (SSSR count). The lowest BCUT2D eigenvalue weighted by Crippen LogP contribution is -2.46. The van der Waals surface area contributed by atoms with Gasteiger partial charge < -0.3 is 20.7 Å². The fraction of sp³-hybridized carbons (Fsp3) is 0.609. The quantitative estimate of drug-likeness (QED) is 0.548. The summed E-state index contributed by atoms with van der Waals surface area (Å²) in [4.78, 5) is 38.6. The molecule has 0 aliphatic carbocycles. The standard InChI is InChI=1S/C23H36N4O4/c1-5-17-8-6-10-19(14-17)26-20(28)16-27-13-7-9-18(15-27)21(29)24-11-12-25-22(30)31-23(2,3)4/h6,8,10,14,18H,5,7,9,11-13,15-16H2,1-4H3,(H,24,29)(H,25,30)(H,26,28). The summed E-state index contributed by atoms with van der Waals surface area (Å²) in [6.45, 7) is 9.72. The number of rotatable bonds is 8. The number of hydrogen-bond acceptors (Lipinski definition) is 5. The molecule has 3 N–H and O–H groups in total. The number of aryl methyl sites for hydroxylation is 1. The maximum absolute atomic E-state index is 12.5. The SMILES string of the molecule is CCc1cccc(NC(=O)CN2CCCC(C(=O)NCCNC(=O)OC(C)(C)C)C2)c1. The number of anilines is 1. The Hall–Kier alpha value is -2.61. The number of nitrogens with one attached hydrogen (secondary N) is 3. The molecule has 1 fully saturated rings. The van der Waals surface area contributed by atoms with Crippen molar-refractivity contribution < 1.29 is 19.1 Å². The Balaban J connectivity index is 1.71. The van der Waals surface area contributed by atoms with Crippen molar-refractivity contribution in [2.75, 3.05) is 38.0 Å². The van der Waals surface area contributed by atoms with Crippen LogP contribution in [-0.4, -0.2) is 61.1 Å². The van der Waals surface area contributed by atoms with Gasteiger partial charge in [0.05, 0.1) is 12.5 Å². The minimum atomic E-state index is -0.552. The highest BCUT2D eigenvalue weighted by atomic mass is 16.6.